The molecule has 0 amide bonds. The van der Waals surface area contributed by atoms with E-state index in [0.717, 1.165) is 56.0 Å². The van der Waals surface area contributed by atoms with Crippen LogP contribution < -0.4 is 0 Å². The van der Waals surface area contributed by atoms with Gasteiger partial charge in [-0.1, -0.05) is 182 Å². The van der Waals surface area contributed by atoms with Crippen LogP contribution in [0, 0.1) is 0 Å². The summed E-state index contributed by atoms with van der Waals surface area (Å²) in [6.45, 7) is 0. The highest BCUT2D eigenvalue weighted by Gasteiger charge is 2.20. The zero-order chi connectivity index (χ0) is 38.9. The van der Waals surface area contributed by atoms with Crippen molar-refractivity contribution in [3.8, 4) is 56.3 Å². The highest BCUT2D eigenvalue weighted by Crippen LogP contribution is 2.45. The molecule has 0 radical (unpaired) electrons. The van der Waals surface area contributed by atoms with Gasteiger partial charge in [0.2, 0.25) is 0 Å². The maximum atomic E-state index is 5.66. The van der Waals surface area contributed by atoms with E-state index < -0.39 is 0 Å². The standard InChI is InChI=1S/C55H33N3S/c1-3-14-34(15-4-1)48-33-49(57-55(56-48)37-16-5-2-6-17-37)35-26-28-36(29-27-35)52-51-45-22-11-12-25-50(45)59-54(51)46-24-13-23-39(53(46)58-52)38-30-31-44-42-20-8-7-18-40(42)41-19-9-10-21-43(41)47(44)32-38/h1-33H. The van der Waals surface area contributed by atoms with Crippen LogP contribution >= 0.6 is 11.3 Å². The maximum absolute atomic E-state index is 5.66. The molecule has 12 aromatic rings. The molecule has 274 valence electrons. The van der Waals surface area contributed by atoms with E-state index in [9.17, 15) is 0 Å². The van der Waals surface area contributed by atoms with Crippen molar-refractivity contribution in [1.29, 1.82) is 0 Å². The number of pyridine rings is 1. The summed E-state index contributed by atoms with van der Waals surface area (Å²) in [4.78, 5) is 15.8. The molecule has 0 bridgehead atoms. The third kappa shape index (κ3) is 5.53. The number of fused-ring (bicyclic) bond motifs is 11. The summed E-state index contributed by atoms with van der Waals surface area (Å²) < 4.78 is 2.51. The van der Waals surface area contributed by atoms with E-state index in [4.69, 9.17) is 15.0 Å². The Hall–Kier alpha value is -7.53. The first kappa shape index (κ1) is 33.6. The molecule has 3 aromatic heterocycles. The van der Waals surface area contributed by atoms with Gasteiger partial charge in [-0.25, -0.2) is 15.0 Å². The summed E-state index contributed by atoms with van der Waals surface area (Å²) in [5, 5.41) is 11.2. The predicted octanol–water partition coefficient (Wildman–Crippen LogP) is 15.2. The number of nitrogens with zero attached hydrogens (tertiary/aromatic N) is 3. The molecule has 3 heterocycles. The minimum absolute atomic E-state index is 0.705. The number of aromatic nitrogens is 3. The molecule has 0 fully saturated rings. The second-order valence-electron chi connectivity index (χ2n) is 15.1. The Labute approximate surface area is 344 Å². The zero-order valence-corrected chi connectivity index (χ0v) is 32.6. The average molecular weight is 768 g/mol. The molecule has 0 aliphatic carbocycles. The Balaban J connectivity index is 1.05. The molecule has 3 nitrogen and oxygen atoms in total. The molecule has 0 atom stereocenters. The van der Waals surface area contributed by atoms with Crippen LogP contribution in [-0.2, 0) is 0 Å². The van der Waals surface area contributed by atoms with Gasteiger partial charge in [0.1, 0.15) is 0 Å². The molecule has 0 saturated carbocycles. The Kier molecular flexibility index (Phi) is 7.72. The van der Waals surface area contributed by atoms with Gasteiger partial charge in [-0.2, -0.15) is 0 Å². The smallest absolute Gasteiger partial charge is 0.160 e. The monoisotopic (exact) mass is 767 g/mol. The minimum atomic E-state index is 0.705. The van der Waals surface area contributed by atoms with Gasteiger partial charge in [-0.3, -0.25) is 0 Å². The van der Waals surface area contributed by atoms with Gasteiger partial charge in [-0.15, -0.1) is 11.3 Å². The average Bonchev–Trinajstić information content (AvgIpc) is 3.72. The molecule has 0 aliphatic rings. The summed E-state index contributed by atoms with van der Waals surface area (Å²) in [6.07, 6.45) is 0. The fourth-order valence-electron chi connectivity index (χ4n) is 8.87. The molecule has 0 aliphatic heterocycles. The maximum Gasteiger partial charge on any atom is 0.160 e. The molecule has 0 spiro atoms. The fraction of sp³-hybridized carbons (Fsp3) is 0. The first-order valence-corrected chi connectivity index (χ1v) is 20.8. The van der Waals surface area contributed by atoms with E-state index in [-0.39, 0.29) is 0 Å². The van der Waals surface area contributed by atoms with Crippen molar-refractivity contribution in [2.75, 3.05) is 0 Å². The van der Waals surface area contributed by atoms with E-state index in [0.29, 0.717) is 5.82 Å². The van der Waals surface area contributed by atoms with Gasteiger partial charge in [0.15, 0.2) is 5.82 Å². The highest BCUT2D eigenvalue weighted by molar-refractivity contribution is 7.26. The summed E-state index contributed by atoms with van der Waals surface area (Å²) in [5.74, 6) is 0.705. The van der Waals surface area contributed by atoms with Gasteiger partial charge in [0, 0.05) is 53.4 Å². The Morgan fingerprint density at radius 3 is 1.51 bits per heavy atom. The molecule has 4 heteroatoms. The number of hydrogen-bond donors (Lipinski definition) is 0. The molecule has 0 saturated heterocycles. The van der Waals surface area contributed by atoms with Crippen LogP contribution in [0.1, 0.15) is 0 Å². The fourth-order valence-corrected chi connectivity index (χ4v) is 10.1. The first-order valence-electron chi connectivity index (χ1n) is 19.9. The van der Waals surface area contributed by atoms with E-state index in [1.54, 1.807) is 0 Å². The number of benzene rings is 9. The Bertz CT molecular complexity index is 3500. The molecule has 9 aromatic carbocycles. The minimum Gasteiger partial charge on any atom is -0.246 e. The van der Waals surface area contributed by atoms with E-state index in [1.807, 2.05) is 35.6 Å². The van der Waals surface area contributed by atoms with Crippen molar-refractivity contribution in [1.82, 2.24) is 15.0 Å². The van der Waals surface area contributed by atoms with Crippen LogP contribution in [0.25, 0.3) is 120 Å². The third-order valence-corrected chi connectivity index (χ3v) is 12.9. The zero-order valence-electron chi connectivity index (χ0n) is 31.8. The Morgan fingerprint density at radius 2 is 0.831 bits per heavy atom. The van der Waals surface area contributed by atoms with Gasteiger partial charge < -0.3 is 0 Å². The quantitative estimate of drug-likeness (QED) is 0.164. The molecule has 0 unspecified atom stereocenters. The second-order valence-corrected chi connectivity index (χ2v) is 16.1. The lowest BCUT2D eigenvalue weighted by Crippen LogP contribution is -1.96. The lowest BCUT2D eigenvalue weighted by atomic mass is 9.91. The molecule has 0 N–H and O–H groups in total. The second kappa shape index (κ2) is 13.6. The number of rotatable bonds is 5. The molecular formula is C55H33N3S. The van der Waals surface area contributed by atoms with Crippen LogP contribution in [-0.4, -0.2) is 15.0 Å². The van der Waals surface area contributed by atoms with Gasteiger partial charge in [-0.05, 0) is 56.1 Å². The molecule has 12 rings (SSSR count). The van der Waals surface area contributed by atoms with E-state index in [2.05, 4.69) is 176 Å². The van der Waals surface area contributed by atoms with Crippen molar-refractivity contribution in [2.24, 2.45) is 0 Å². The third-order valence-electron chi connectivity index (χ3n) is 11.7. The van der Waals surface area contributed by atoms with Crippen molar-refractivity contribution in [2.45, 2.75) is 0 Å². The van der Waals surface area contributed by atoms with Crippen LogP contribution in [0.4, 0.5) is 0 Å². The predicted molar refractivity (Wildman–Crippen MR) is 250 cm³/mol. The van der Waals surface area contributed by atoms with Crippen LogP contribution in [0.5, 0.6) is 0 Å². The van der Waals surface area contributed by atoms with Crippen LogP contribution in [0.15, 0.2) is 200 Å². The molecule has 59 heavy (non-hydrogen) atoms. The lowest BCUT2D eigenvalue weighted by molar-refractivity contribution is 1.18. The lowest BCUT2D eigenvalue weighted by Gasteiger charge is -2.14. The molecular weight excluding hydrogens is 735 g/mol. The van der Waals surface area contributed by atoms with Gasteiger partial charge in [0.25, 0.3) is 0 Å². The van der Waals surface area contributed by atoms with Crippen molar-refractivity contribution in [3.05, 3.63) is 200 Å². The number of hydrogen-bond acceptors (Lipinski definition) is 4. The van der Waals surface area contributed by atoms with Crippen molar-refractivity contribution < 1.29 is 0 Å². The summed E-state index contributed by atoms with van der Waals surface area (Å²) in [7, 11) is 0. The highest BCUT2D eigenvalue weighted by atomic mass is 32.1. The van der Waals surface area contributed by atoms with Crippen LogP contribution in [0.3, 0.4) is 0 Å². The summed E-state index contributed by atoms with van der Waals surface area (Å²) in [5.41, 5.74) is 10.2. The summed E-state index contributed by atoms with van der Waals surface area (Å²) >= 11 is 1.85. The van der Waals surface area contributed by atoms with Gasteiger partial charge >= 0.3 is 0 Å². The van der Waals surface area contributed by atoms with E-state index >= 15 is 0 Å². The topological polar surface area (TPSA) is 38.7 Å². The van der Waals surface area contributed by atoms with E-state index in [1.165, 1.54) is 57.9 Å². The number of para-hydroxylation sites is 1. The van der Waals surface area contributed by atoms with Crippen molar-refractivity contribution in [3.63, 3.8) is 0 Å². The number of thiophene rings is 1. The van der Waals surface area contributed by atoms with Crippen molar-refractivity contribution >= 4 is 74.7 Å². The Morgan fingerprint density at radius 1 is 0.322 bits per heavy atom. The van der Waals surface area contributed by atoms with Gasteiger partial charge in [0.05, 0.1) is 22.6 Å². The summed E-state index contributed by atoms with van der Waals surface area (Å²) in [6, 6.07) is 71.3. The SMILES string of the molecule is c1ccc(-c2cc(-c3ccc(-c4nc5c(-c6ccc7c8ccccc8c8ccccc8c7c6)cccc5c5sc6ccccc6c45)cc3)nc(-c3ccccc3)n2)cc1. The first-order chi connectivity index (χ1) is 29.2. The largest absolute Gasteiger partial charge is 0.246 e. The normalized spacial score (nSPS) is 11.7. The van der Waals surface area contributed by atoms with Crippen LogP contribution in [0.2, 0.25) is 0 Å².